The Kier molecular flexibility index (Phi) is 11.4. The molecule has 2 heterocycles. The van der Waals surface area contributed by atoms with Crippen molar-refractivity contribution in [3.8, 4) is 11.4 Å². The second-order valence-electron chi connectivity index (χ2n) is 16.0. The van der Waals surface area contributed by atoms with Crippen molar-refractivity contribution in [3.05, 3.63) is 142 Å². The SMILES string of the molecule is C.C.C[C@]12Cc3cnn(-c4ccc(F)cc4)c3C=C1CCC[C@@]2(F)C(O)Cc1ccccc1.C[C@]12Cc3cnn(-c4ccc(F)cc4)c3C=C1CCC[C@@]2(F)C=O. The molecule has 0 bridgehead atoms. The maximum atomic E-state index is 16.7. The van der Waals surface area contributed by atoms with Gasteiger partial charge in [-0.05, 0) is 129 Å². The van der Waals surface area contributed by atoms with E-state index in [2.05, 4.69) is 10.2 Å². The summed E-state index contributed by atoms with van der Waals surface area (Å²) in [4.78, 5) is 11.5. The summed E-state index contributed by atoms with van der Waals surface area (Å²) in [6.07, 6.45) is 11.7. The van der Waals surface area contributed by atoms with E-state index in [1.54, 1.807) is 46.0 Å². The Morgan fingerprint density at radius 3 is 1.70 bits per heavy atom. The molecule has 0 saturated heterocycles. The monoisotopic (exact) mass is 780 g/mol. The van der Waals surface area contributed by atoms with Gasteiger partial charge >= 0.3 is 0 Å². The molecular weight excluding hydrogens is 729 g/mol. The quantitative estimate of drug-likeness (QED) is 0.138. The number of rotatable bonds is 6. The number of carbonyl (C=O) groups excluding carboxylic acids is 1. The van der Waals surface area contributed by atoms with E-state index >= 15 is 8.78 Å². The van der Waals surface area contributed by atoms with Gasteiger partial charge in [0.25, 0.3) is 0 Å². The van der Waals surface area contributed by atoms with Gasteiger partial charge in [0, 0.05) is 17.3 Å². The summed E-state index contributed by atoms with van der Waals surface area (Å²) in [5.41, 5.74) is 2.98. The van der Waals surface area contributed by atoms with Gasteiger partial charge in [0.2, 0.25) is 0 Å². The van der Waals surface area contributed by atoms with Crippen molar-refractivity contribution in [1.82, 2.24) is 19.6 Å². The highest BCUT2D eigenvalue weighted by Crippen LogP contribution is 2.57. The molecule has 2 fully saturated rings. The van der Waals surface area contributed by atoms with Crippen LogP contribution in [0.5, 0.6) is 0 Å². The molecule has 5 atom stereocenters. The number of aromatic nitrogens is 4. The average molecular weight is 781 g/mol. The number of fused-ring (bicyclic) bond motifs is 4. The molecule has 1 N–H and O–H groups in total. The minimum Gasteiger partial charge on any atom is -0.389 e. The fourth-order valence-corrected chi connectivity index (χ4v) is 9.45. The van der Waals surface area contributed by atoms with Gasteiger partial charge in [0.15, 0.2) is 12.0 Å². The van der Waals surface area contributed by atoms with Gasteiger partial charge in [-0.25, -0.2) is 26.9 Å². The van der Waals surface area contributed by atoms with Crippen LogP contribution in [0.2, 0.25) is 0 Å². The molecule has 3 aromatic carbocycles. The summed E-state index contributed by atoms with van der Waals surface area (Å²) >= 11 is 0. The average Bonchev–Trinajstić information content (AvgIpc) is 3.78. The van der Waals surface area contributed by atoms with E-state index in [4.69, 9.17) is 0 Å². The first-order valence-electron chi connectivity index (χ1n) is 19.0. The van der Waals surface area contributed by atoms with Crippen LogP contribution in [0.25, 0.3) is 23.5 Å². The molecule has 0 aliphatic heterocycles. The first-order valence-corrected chi connectivity index (χ1v) is 19.0. The summed E-state index contributed by atoms with van der Waals surface area (Å²) < 4.78 is 61.9. The molecule has 0 spiro atoms. The summed E-state index contributed by atoms with van der Waals surface area (Å²) in [6.45, 7) is 3.79. The van der Waals surface area contributed by atoms with Crippen molar-refractivity contribution in [3.63, 3.8) is 0 Å². The van der Waals surface area contributed by atoms with Crippen LogP contribution < -0.4 is 0 Å². The molecule has 4 aliphatic rings. The van der Waals surface area contributed by atoms with Gasteiger partial charge in [-0.15, -0.1) is 0 Å². The molecule has 2 saturated carbocycles. The summed E-state index contributed by atoms with van der Waals surface area (Å²) in [5.74, 6) is -0.594. The molecule has 10 heteroatoms. The highest BCUT2D eigenvalue weighted by atomic mass is 19.2. The van der Waals surface area contributed by atoms with E-state index in [1.807, 2.05) is 56.3 Å². The number of nitrogens with zero attached hydrogens (tertiary/aromatic N) is 4. The van der Waals surface area contributed by atoms with Crippen LogP contribution in [0, 0.1) is 22.5 Å². The van der Waals surface area contributed by atoms with E-state index in [9.17, 15) is 18.7 Å². The summed E-state index contributed by atoms with van der Waals surface area (Å²) in [6, 6.07) is 21.9. The molecule has 57 heavy (non-hydrogen) atoms. The number of aliphatic hydroxyl groups excluding tert-OH is 1. The zero-order chi connectivity index (χ0) is 38.6. The lowest BCUT2D eigenvalue weighted by Gasteiger charge is -2.52. The standard InChI is InChI=1S/C26H26F2N2O.C19H18F2N2O.2CH4/c1-25-16-19-17-29-30(22-11-9-21(27)10-12-22)23(19)15-20(25)8-5-13-26(25,28)24(31)14-18-6-3-2-4-7-18;1-18-10-13-11-22-23(16-6-4-15(20)5-7-16)17(13)9-14(18)3-2-8-19(18,21)12-24;;/h2-4,6-7,9-12,15,17,24,31H,5,8,13-14,16H2,1H3;4-7,9,11-12H,2-3,8,10H2,1H3;2*1H4/t24?,25-,26+;18-,19+;;/m00../s1. The van der Waals surface area contributed by atoms with Crippen molar-refractivity contribution in [2.45, 2.75) is 104 Å². The third-order valence-corrected chi connectivity index (χ3v) is 12.8. The molecule has 4 aliphatic carbocycles. The molecular formula is C47H52F4N4O2. The van der Waals surface area contributed by atoms with Gasteiger partial charge in [-0.3, -0.25) is 4.79 Å². The number of alkyl halides is 2. The Hall–Kier alpha value is -5.09. The van der Waals surface area contributed by atoms with Crippen LogP contribution in [0.15, 0.2) is 102 Å². The Morgan fingerprint density at radius 1 is 0.719 bits per heavy atom. The lowest BCUT2D eigenvalue weighted by atomic mass is 9.56. The lowest BCUT2D eigenvalue weighted by Crippen LogP contribution is -2.57. The highest BCUT2D eigenvalue weighted by molar-refractivity contribution is 5.71. The Labute approximate surface area is 333 Å². The molecule has 2 aromatic heterocycles. The van der Waals surface area contributed by atoms with E-state index < -0.39 is 28.3 Å². The van der Waals surface area contributed by atoms with Gasteiger partial charge < -0.3 is 5.11 Å². The van der Waals surface area contributed by atoms with Crippen molar-refractivity contribution in [1.29, 1.82) is 0 Å². The molecule has 9 rings (SSSR count). The lowest BCUT2D eigenvalue weighted by molar-refractivity contribution is -0.126. The van der Waals surface area contributed by atoms with E-state index in [0.717, 1.165) is 63.4 Å². The van der Waals surface area contributed by atoms with Crippen molar-refractivity contribution in [2.24, 2.45) is 10.8 Å². The van der Waals surface area contributed by atoms with Gasteiger partial charge in [0.05, 0.1) is 41.3 Å². The minimum absolute atomic E-state index is 0. The number of hydrogen-bond donors (Lipinski definition) is 1. The second kappa shape index (κ2) is 15.7. The number of benzene rings is 3. The zero-order valence-corrected chi connectivity index (χ0v) is 31.0. The van der Waals surface area contributed by atoms with Crippen molar-refractivity contribution in [2.75, 3.05) is 0 Å². The van der Waals surface area contributed by atoms with Crippen LogP contribution in [0.3, 0.4) is 0 Å². The number of aliphatic hydroxyl groups is 1. The number of hydrogen-bond acceptors (Lipinski definition) is 4. The Morgan fingerprint density at radius 2 is 1.19 bits per heavy atom. The Balaban J connectivity index is 0.000000192. The normalized spacial score (nSPS) is 26.2. The first kappa shape index (κ1) is 41.5. The van der Waals surface area contributed by atoms with E-state index in [0.29, 0.717) is 44.8 Å². The molecule has 5 aromatic rings. The molecule has 0 radical (unpaired) electrons. The molecule has 300 valence electrons. The van der Waals surface area contributed by atoms with Crippen LogP contribution in [-0.4, -0.2) is 48.4 Å². The number of allylic oxidation sites excluding steroid dienone is 2. The third kappa shape index (κ3) is 7.00. The minimum atomic E-state index is -1.83. The van der Waals surface area contributed by atoms with E-state index in [1.165, 1.54) is 24.3 Å². The fourth-order valence-electron chi connectivity index (χ4n) is 9.45. The highest BCUT2D eigenvalue weighted by Gasteiger charge is 2.58. The van der Waals surface area contributed by atoms with Gasteiger partial charge in [0.1, 0.15) is 17.3 Å². The van der Waals surface area contributed by atoms with Crippen LogP contribution >= 0.6 is 0 Å². The first-order chi connectivity index (χ1) is 26.4. The summed E-state index contributed by atoms with van der Waals surface area (Å²) in [5, 5.41) is 20.0. The van der Waals surface area contributed by atoms with Crippen LogP contribution in [0.4, 0.5) is 17.6 Å². The van der Waals surface area contributed by atoms with Gasteiger partial charge in [-0.2, -0.15) is 10.2 Å². The summed E-state index contributed by atoms with van der Waals surface area (Å²) in [7, 11) is 0. The number of halogens is 4. The second-order valence-corrected chi connectivity index (χ2v) is 16.0. The van der Waals surface area contributed by atoms with Crippen LogP contribution in [0.1, 0.15) is 95.3 Å². The predicted octanol–water partition coefficient (Wildman–Crippen LogP) is 10.8. The maximum Gasteiger partial charge on any atom is 0.175 e. The van der Waals surface area contributed by atoms with E-state index in [-0.39, 0.29) is 32.9 Å². The maximum absolute atomic E-state index is 16.7. The Bertz CT molecular complexity index is 2280. The smallest absolute Gasteiger partial charge is 0.175 e. The van der Waals surface area contributed by atoms with Crippen molar-refractivity contribution >= 4 is 18.4 Å². The predicted molar refractivity (Wildman–Crippen MR) is 218 cm³/mol. The number of carbonyl (C=O) groups is 1. The molecule has 0 amide bonds. The molecule has 1 unspecified atom stereocenters. The largest absolute Gasteiger partial charge is 0.389 e. The topological polar surface area (TPSA) is 72.9 Å². The number of aldehydes is 1. The molecule has 6 nitrogen and oxygen atoms in total. The van der Waals surface area contributed by atoms with Gasteiger partial charge in [-0.1, -0.05) is 70.2 Å². The van der Waals surface area contributed by atoms with Crippen molar-refractivity contribution < 1.29 is 27.5 Å². The fraction of sp³-hybridized carbons (Fsp3) is 0.383. The van der Waals surface area contributed by atoms with Crippen LogP contribution in [-0.2, 0) is 24.1 Å². The third-order valence-electron chi connectivity index (χ3n) is 12.8. The zero-order valence-electron chi connectivity index (χ0n) is 31.0.